The van der Waals surface area contributed by atoms with E-state index in [4.69, 9.17) is 5.73 Å². The van der Waals surface area contributed by atoms with E-state index in [9.17, 15) is 13.2 Å². The van der Waals surface area contributed by atoms with Gasteiger partial charge in [0.2, 0.25) is 0 Å². The maximum atomic E-state index is 12.3. The summed E-state index contributed by atoms with van der Waals surface area (Å²) >= 11 is 0. The minimum Gasteiger partial charge on any atom is -0.330 e. The van der Waals surface area contributed by atoms with E-state index in [-0.39, 0.29) is 0 Å². The molecule has 0 spiro atoms. The molecule has 0 heterocycles. The standard InChI is InChI=1S/C11H12F3N/c12-11(13,14)10-6-3-5-9(8-10)4-1-2-7-15/h1,3-6,8H,2,7,15H2. The topological polar surface area (TPSA) is 26.0 Å². The molecule has 15 heavy (non-hydrogen) atoms. The molecule has 0 saturated carbocycles. The van der Waals surface area contributed by atoms with E-state index in [0.717, 1.165) is 12.1 Å². The van der Waals surface area contributed by atoms with Crippen molar-refractivity contribution < 1.29 is 13.2 Å². The summed E-state index contributed by atoms with van der Waals surface area (Å²) in [4.78, 5) is 0. The van der Waals surface area contributed by atoms with Crippen LogP contribution in [0.25, 0.3) is 6.08 Å². The molecular formula is C11H12F3N. The smallest absolute Gasteiger partial charge is 0.330 e. The quantitative estimate of drug-likeness (QED) is 0.823. The molecule has 0 aliphatic rings. The molecule has 1 aromatic carbocycles. The second-order valence-electron chi connectivity index (χ2n) is 3.10. The van der Waals surface area contributed by atoms with Gasteiger partial charge in [-0.25, -0.2) is 0 Å². The van der Waals surface area contributed by atoms with Crippen LogP contribution in [0.5, 0.6) is 0 Å². The van der Waals surface area contributed by atoms with Gasteiger partial charge in [-0.2, -0.15) is 13.2 Å². The first kappa shape index (κ1) is 11.8. The summed E-state index contributed by atoms with van der Waals surface area (Å²) in [6.45, 7) is 0.495. The summed E-state index contributed by atoms with van der Waals surface area (Å²) in [5.41, 5.74) is 5.17. The Balaban J connectivity index is 2.84. The molecule has 2 N–H and O–H groups in total. The Morgan fingerprint density at radius 1 is 1.27 bits per heavy atom. The molecule has 0 atom stereocenters. The number of nitrogens with two attached hydrogens (primary N) is 1. The van der Waals surface area contributed by atoms with Gasteiger partial charge < -0.3 is 5.73 Å². The highest BCUT2D eigenvalue weighted by Crippen LogP contribution is 2.29. The maximum Gasteiger partial charge on any atom is 0.416 e. The zero-order valence-electron chi connectivity index (χ0n) is 8.09. The highest BCUT2D eigenvalue weighted by molar-refractivity contribution is 5.50. The van der Waals surface area contributed by atoms with Crippen molar-refractivity contribution in [3.63, 3.8) is 0 Å². The molecule has 0 radical (unpaired) electrons. The molecule has 0 fully saturated rings. The molecular weight excluding hydrogens is 203 g/mol. The Labute approximate surface area is 86.4 Å². The summed E-state index contributed by atoms with van der Waals surface area (Å²) in [7, 11) is 0. The van der Waals surface area contributed by atoms with Crippen LogP contribution in [0.4, 0.5) is 13.2 Å². The van der Waals surface area contributed by atoms with Gasteiger partial charge in [-0.15, -0.1) is 0 Å². The first-order chi connectivity index (χ1) is 7.04. The van der Waals surface area contributed by atoms with Crippen LogP contribution in [0, 0.1) is 0 Å². The minimum absolute atomic E-state index is 0.495. The van der Waals surface area contributed by atoms with Gasteiger partial charge in [0.05, 0.1) is 5.56 Å². The number of hydrogen-bond donors (Lipinski definition) is 1. The van der Waals surface area contributed by atoms with Gasteiger partial charge in [-0.05, 0) is 30.7 Å². The summed E-state index contributed by atoms with van der Waals surface area (Å²) in [6, 6.07) is 5.19. The molecule has 0 saturated heterocycles. The van der Waals surface area contributed by atoms with E-state index >= 15 is 0 Å². The Morgan fingerprint density at radius 3 is 2.60 bits per heavy atom. The van der Waals surface area contributed by atoms with E-state index in [1.165, 1.54) is 6.07 Å². The minimum atomic E-state index is -4.28. The Kier molecular flexibility index (Phi) is 3.91. The monoisotopic (exact) mass is 215 g/mol. The molecule has 0 amide bonds. The molecule has 1 aromatic rings. The Bertz CT molecular complexity index is 342. The van der Waals surface area contributed by atoms with Gasteiger partial charge >= 0.3 is 6.18 Å². The predicted octanol–water partition coefficient (Wildman–Crippen LogP) is 3.07. The van der Waals surface area contributed by atoms with Crippen LogP contribution in [0.2, 0.25) is 0 Å². The van der Waals surface area contributed by atoms with Crippen molar-refractivity contribution in [1.29, 1.82) is 0 Å². The van der Waals surface area contributed by atoms with Gasteiger partial charge in [0.15, 0.2) is 0 Å². The largest absolute Gasteiger partial charge is 0.416 e. The Hall–Kier alpha value is -1.29. The third kappa shape index (κ3) is 3.75. The van der Waals surface area contributed by atoms with E-state index in [0.29, 0.717) is 18.5 Å². The molecule has 0 aliphatic heterocycles. The molecule has 1 nitrogen and oxygen atoms in total. The van der Waals surface area contributed by atoms with Gasteiger partial charge in [0.25, 0.3) is 0 Å². The SMILES string of the molecule is NCCC=Cc1cccc(C(F)(F)F)c1. The van der Waals surface area contributed by atoms with Crippen LogP contribution in [0.3, 0.4) is 0 Å². The fraction of sp³-hybridized carbons (Fsp3) is 0.273. The van der Waals surface area contributed by atoms with Crippen molar-refractivity contribution in [2.45, 2.75) is 12.6 Å². The third-order valence-corrected chi connectivity index (χ3v) is 1.86. The highest BCUT2D eigenvalue weighted by atomic mass is 19.4. The molecule has 1 rings (SSSR count). The normalized spacial score (nSPS) is 12.3. The van der Waals surface area contributed by atoms with Gasteiger partial charge in [-0.1, -0.05) is 24.3 Å². The van der Waals surface area contributed by atoms with Crippen LogP contribution >= 0.6 is 0 Å². The first-order valence-electron chi connectivity index (χ1n) is 4.58. The number of benzene rings is 1. The van der Waals surface area contributed by atoms with E-state index < -0.39 is 11.7 Å². The molecule has 0 aromatic heterocycles. The summed E-state index contributed by atoms with van der Waals surface area (Å²) < 4.78 is 36.9. The van der Waals surface area contributed by atoms with Crippen LogP contribution in [0.1, 0.15) is 17.5 Å². The molecule has 0 aliphatic carbocycles. The summed E-state index contributed by atoms with van der Waals surface area (Å²) in [5, 5.41) is 0. The molecule has 0 bridgehead atoms. The number of alkyl halides is 3. The van der Waals surface area contributed by atoms with Gasteiger partial charge in [0.1, 0.15) is 0 Å². The van der Waals surface area contributed by atoms with Crippen LogP contribution in [0.15, 0.2) is 30.3 Å². The van der Waals surface area contributed by atoms with Gasteiger partial charge in [0, 0.05) is 0 Å². The maximum absolute atomic E-state index is 12.3. The lowest BCUT2D eigenvalue weighted by Crippen LogP contribution is -2.04. The number of halogens is 3. The lowest BCUT2D eigenvalue weighted by Gasteiger charge is -2.06. The van der Waals surface area contributed by atoms with Crippen molar-refractivity contribution in [1.82, 2.24) is 0 Å². The lowest BCUT2D eigenvalue weighted by molar-refractivity contribution is -0.137. The second kappa shape index (κ2) is 4.98. The second-order valence-corrected chi connectivity index (χ2v) is 3.10. The van der Waals surface area contributed by atoms with Crippen LogP contribution in [-0.4, -0.2) is 6.54 Å². The third-order valence-electron chi connectivity index (χ3n) is 1.86. The van der Waals surface area contributed by atoms with Crippen LogP contribution in [-0.2, 0) is 6.18 Å². The molecule has 82 valence electrons. The van der Waals surface area contributed by atoms with Crippen molar-refractivity contribution >= 4 is 6.08 Å². The predicted molar refractivity (Wildman–Crippen MR) is 54.1 cm³/mol. The number of hydrogen-bond acceptors (Lipinski definition) is 1. The zero-order valence-corrected chi connectivity index (χ0v) is 8.09. The first-order valence-corrected chi connectivity index (χ1v) is 4.58. The highest BCUT2D eigenvalue weighted by Gasteiger charge is 2.30. The van der Waals surface area contributed by atoms with Gasteiger partial charge in [-0.3, -0.25) is 0 Å². The van der Waals surface area contributed by atoms with Crippen LogP contribution < -0.4 is 5.73 Å². The van der Waals surface area contributed by atoms with Crippen molar-refractivity contribution in [3.05, 3.63) is 41.5 Å². The zero-order chi connectivity index (χ0) is 11.3. The average molecular weight is 215 g/mol. The fourth-order valence-corrected chi connectivity index (χ4v) is 1.13. The van der Waals surface area contributed by atoms with E-state index in [1.54, 1.807) is 18.2 Å². The van der Waals surface area contributed by atoms with Crippen molar-refractivity contribution in [3.8, 4) is 0 Å². The van der Waals surface area contributed by atoms with Crippen molar-refractivity contribution in [2.24, 2.45) is 5.73 Å². The summed E-state index contributed by atoms with van der Waals surface area (Å²) in [5.74, 6) is 0. The van der Waals surface area contributed by atoms with Crippen molar-refractivity contribution in [2.75, 3.05) is 6.54 Å². The van der Waals surface area contributed by atoms with E-state index in [2.05, 4.69) is 0 Å². The molecule has 0 unspecified atom stereocenters. The fourth-order valence-electron chi connectivity index (χ4n) is 1.13. The lowest BCUT2D eigenvalue weighted by atomic mass is 10.1. The molecule has 4 heteroatoms. The van der Waals surface area contributed by atoms with E-state index in [1.807, 2.05) is 0 Å². The average Bonchev–Trinajstić information content (AvgIpc) is 2.17. The Morgan fingerprint density at radius 2 is 2.00 bits per heavy atom. The summed E-state index contributed by atoms with van der Waals surface area (Å²) in [6.07, 6.45) is -0.217. The number of rotatable bonds is 3.